The van der Waals surface area contributed by atoms with Gasteiger partial charge in [-0.15, -0.1) is 11.8 Å². The van der Waals surface area contributed by atoms with E-state index >= 15 is 0 Å². The number of aromatic nitrogens is 2. The Morgan fingerprint density at radius 1 is 1.17 bits per heavy atom. The van der Waals surface area contributed by atoms with Crippen molar-refractivity contribution >= 4 is 34.8 Å². The Morgan fingerprint density at radius 3 is 2.91 bits per heavy atom. The summed E-state index contributed by atoms with van der Waals surface area (Å²) in [5.74, 6) is 0.114. The summed E-state index contributed by atoms with van der Waals surface area (Å²) in [7, 11) is 0. The van der Waals surface area contributed by atoms with Gasteiger partial charge in [0.1, 0.15) is 0 Å². The monoisotopic (exact) mass is 322 g/mol. The minimum Gasteiger partial charge on any atom is -0.272 e. The molecule has 1 amide bonds. The molecule has 0 aliphatic carbocycles. The van der Waals surface area contributed by atoms with E-state index in [1.807, 2.05) is 42.5 Å². The third-order valence-corrected chi connectivity index (χ3v) is 4.09. The van der Waals surface area contributed by atoms with E-state index in [4.69, 9.17) is 0 Å². The second-order valence-corrected chi connectivity index (χ2v) is 5.72. The van der Waals surface area contributed by atoms with Crippen molar-refractivity contribution in [2.45, 2.75) is 4.90 Å². The predicted molar refractivity (Wildman–Crippen MR) is 92.4 cm³/mol. The fourth-order valence-corrected chi connectivity index (χ4v) is 2.83. The van der Waals surface area contributed by atoms with E-state index in [1.54, 1.807) is 24.8 Å². The molecule has 0 atom stereocenters. The average Bonchev–Trinajstić information content (AvgIpc) is 2.61. The van der Waals surface area contributed by atoms with Gasteiger partial charge in [-0.2, -0.15) is 5.10 Å². The van der Waals surface area contributed by atoms with E-state index in [1.165, 1.54) is 11.8 Å². The summed E-state index contributed by atoms with van der Waals surface area (Å²) < 4.78 is 0. The molecule has 1 N–H and O–H groups in total. The molecule has 114 valence electrons. The molecule has 0 spiro atoms. The molecule has 5 nitrogen and oxygen atoms in total. The molecule has 2 aromatic heterocycles. The van der Waals surface area contributed by atoms with Gasteiger partial charge < -0.3 is 0 Å². The van der Waals surface area contributed by atoms with E-state index in [0.29, 0.717) is 0 Å². The minimum absolute atomic E-state index is 0.164. The van der Waals surface area contributed by atoms with Gasteiger partial charge in [-0.1, -0.05) is 24.3 Å². The lowest BCUT2D eigenvalue weighted by Crippen LogP contribution is -2.19. The maximum absolute atomic E-state index is 11.9. The molecular weight excluding hydrogens is 308 g/mol. The van der Waals surface area contributed by atoms with Gasteiger partial charge in [-0.3, -0.25) is 14.8 Å². The highest BCUT2D eigenvalue weighted by atomic mass is 32.2. The highest BCUT2D eigenvalue weighted by Gasteiger charge is 2.05. The third kappa shape index (κ3) is 4.14. The van der Waals surface area contributed by atoms with E-state index < -0.39 is 0 Å². The first-order chi connectivity index (χ1) is 11.3. The second kappa shape index (κ2) is 7.51. The van der Waals surface area contributed by atoms with Crippen LogP contribution in [0.25, 0.3) is 10.9 Å². The fraction of sp³-hybridized carbons (Fsp3) is 0.0588. The van der Waals surface area contributed by atoms with Crippen LogP contribution in [0.3, 0.4) is 0 Å². The number of rotatable bonds is 5. The number of thioether (sulfide) groups is 1. The first kappa shape index (κ1) is 15.2. The maximum Gasteiger partial charge on any atom is 0.250 e. The predicted octanol–water partition coefficient (Wildman–Crippen LogP) is 2.87. The lowest BCUT2D eigenvalue weighted by molar-refractivity contribution is -0.118. The number of pyridine rings is 2. The largest absolute Gasteiger partial charge is 0.272 e. The number of carbonyl (C=O) groups excluding carboxylic acids is 1. The summed E-state index contributed by atoms with van der Waals surface area (Å²) in [5.41, 5.74) is 4.25. The molecule has 1 aromatic carbocycles. The first-order valence-corrected chi connectivity index (χ1v) is 8.00. The number of fused-ring (bicyclic) bond motifs is 1. The molecule has 0 unspecified atom stereocenters. The molecular formula is C17H14N4OS. The Bertz CT molecular complexity index is 831. The quantitative estimate of drug-likeness (QED) is 0.445. The van der Waals surface area contributed by atoms with E-state index in [0.717, 1.165) is 21.4 Å². The number of para-hydroxylation sites is 1. The molecule has 0 aliphatic rings. The number of hydrazone groups is 1. The van der Waals surface area contributed by atoms with Crippen LogP contribution in [-0.2, 0) is 4.79 Å². The summed E-state index contributed by atoms with van der Waals surface area (Å²) in [6.45, 7) is 0. The van der Waals surface area contributed by atoms with E-state index in [-0.39, 0.29) is 11.7 Å². The van der Waals surface area contributed by atoms with Crippen molar-refractivity contribution in [3.8, 4) is 0 Å². The molecule has 0 bridgehead atoms. The molecule has 0 radical (unpaired) electrons. The number of hydrogen-bond acceptors (Lipinski definition) is 5. The van der Waals surface area contributed by atoms with Crippen LogP contribution < -0.4 is 5.43 Å². The Labute approximate surface area is 137 Å². The Hall–Kier alpha value is -2.73. The van der Waals surface area contributed by atoms with Gasteiger partial charge in [-0.05, 0) is 18.2 Å². The van der Waals surface area contributed by atoms with E-state index in [2.05, 4.69) is 20.5 Å². The highest BCUT2D eigenvalue weighted by Crippen LogP contribution is 2.25. The van der Waals surface area contributed by atoms with E-state index in [9.17, 15) is 4.79 Å². The van der Waals surface area contributed by atoms with Gasteiger partial charge in [0, 0.05) is 34.4 Å². The van der Waals surface area contributed by atoms with Crippen LogP contribution in [0.1, 0.15) is 5.56 Å². The minimum atomic E-state index is -0.164. The number of nitrogens with zero attached hydrogens (tertiary/aromatic N) is 3. The molecule has 3 rings (SSSR count). The number of amides is 1. The maximum atomic E-state index is 11.9. The zero-order valence-electron chi connectivity index (χ0n) is 12.2. The summed E-state index contributed by atoms with van der Waals surface area (Å²) in [5, 5.41) is 4.99. The van der Waals surface area contributed by atoms with Gasteiger partial charge in [0.25, 0.3) is 0 Å². The van der Waals surface area contributed by atoms with Crippen molar-refractivity contribution in [1.29, 1.82) is 0 Å². The van der Waals surface area contributed by atoms with Gasteiger partial charge in [0.05, 0.1) is 17.5 Å². The number of hydrogen-bond donors (Lipinski definition) is 1. The van der Waals surface area contributed by atoms with Crippen LogP contribution in [0.4, 0.5) is 0 Å². The SMILES string of the molecule is O=C(CSc1cccc2cccnc12)NN=Cc1cccnc1. The van der Waals surface area contributed by atoms with Crippen molar-refractivity contribution in [2.24, 2.45) is 5.10 Å². The number of benzene rings is 1. The fourth-order valence-electron chi connectivity index (χ4n) is 2.00. The number of carbonyl (C=O) groups is 1. The highest BCUT2D eigenvalue weighted by molar-refractivity contribution is 8.00. The second-order valence-electron chi connectivity index (χ2n) is 4.70. The van der Waals surface area contributed by atoms with Gasteiger partial charge in [0.15, 0.2) is 0 Å². The van der Waals surface area contributed by atoms with Gasteiger partial charge in [-0.25, -0.2) is 5.43 Å². The molecule has 0 aliphatic heterocycles. The van der Waals surface area contributed by atoms with Gasteiger partial charge in [0.2, 0.25) is 5.91 Å². The Balaban J connectivity index is 1.57. The Kier molecular flexibility index (Phi) is 4.95. The topological polar surface area (TPSA) is 67.2 Å². The van der Waals surface area contributed by atoms with Crippen molar-refractivity contribution < 1.29 is 4.79 Å². The summed E-state index contributed by atoms with van der Waals surface area (Å²) in [4.78, 5) is 21.2. The van der Waals surface area contributed by atoms with Crippen molar-refractivity contribution in [2.75, 3.05) is 5.75 Å². The van der Waals surface area contributed by atoms with Crippen LogP contribution in [-0.4, -0.2) is 27.8 Å². The lowest BCUT2D eigenvalue weighted by atomic mass is 10.2. The average molecular weight is 322 g/mol. The molecule has 0 saturated carbocycles. The van der Waals surface area contributed by atoms with Crippen LogP contribution in [0.15, 0.2) is 71.1 Å². The standard InChI is InChI=1S/C17H14N4OS/c22-16(21-20-11-13-4-2-8-18-10-13)12-23-15-7-1-5-14-6-3-9-19-17(14)15/h1-11H,12H2,(H,21,22). The van der Waals surface area contributed by atoms with Crippen LogP contribution in [0.2, 0.25) is 0 Å². The van der Waals surface area contributed by atoms with Crippen molar-refractivity contribution in [3.05, 3.63) is 66.6 Å². The lowest BCUT2D eigenvalue weighted by Gasteiger charge is -2.04. The van der Waals surface area contributed by atoms with Gasteiger partial charge >= 0.3 is 0 Å². The first-order valence-electron chi connectivity index (χ1n) is 7.01. The Morgan fingerprint density at radius 2 is 2.04 bits per heavy atom. The molecule has 2 heterocycles. The smallest absolute Gasteiger partial charge is 0.250 e. The van der Waals surface area contributed by atoms with Crippen LogP contribution in [0, 0.1) is 0 Å². The molecule has 3 aromatic rings. The van der Waals surface area contributed by atoms with Crippen LogP contribution >= 0.6 is 11.8 Å². The molecule has 0 saturated heterocycles. The molecule has 23 heavy (non-hydrogen) atoms. The molecule has 6 heteroatoms. The number of nitrogens with one attached hydrogen (secondary N) is 1. The van der Waals surface area contributed by atoms with Crippen molar-refractivity contribution in [1.82, 2.24) is 15.4 Å². The normalized spacial score (nSPS) is 11.0. The zero-order valence-corrected chi connectivity index (χ0v) is 13.0. The summed E-state index contributed by atoms with van der Waals surface area (Å²) >= 11 is 1.44. The van der Waals surface area contributed by atoms with Crippen LogP contribution in [0.5, 0.6) is 0 Å². The molecule has 0 fully saturated rings. The zero-order chi connectivity index (χ0) is 15.9. The van der Waals surface area contributed by atoms with Crippen molar-refractivity contribution in [3.63, 3.8) is 0 Å². The third-order valence-electron chi connectivity index (χ3n) is 3.04. The summed E-state index contributed by atoms with van der Waals surface area (Å²) in [6, 6.07) is 13.5. The summed E-state index contributed by atoms with van der Waals surface area (Å²) in [6.07, 6.45) is 6.68.